The lowest BCUT2D eigenvalue weighted by atomic mass is 10.1. The lowest BCUT2D eigenvalue weighted by Gasteiger charge is -2.15. The fourth-order valence-corrected chi connectivity index (χ4v) is 3.43. The number of esters is 3. The second-order valence-corrected chi connectivity index (χ2v) is 8.52. The molecule has 2 aromatic rings. The fourth-order valence-electron chi connectivity index (χ4n) is 3.43. The molecule has 0 saturated heterocycles. The maximum atomic E-state index is 12.3. The molecule has 0 aliphatic rings. The molecule has 204 valence electrons. The van der Waals surface area contributed by atoms with E-state index < -0.39 is 11.9 Å². The van der Waals surface area contributed by atoms with Crippen LogP contribution in [-0.4, -0.2) is 45.3 Å². The van der Waals surface area contributed by atoms with E-state index in [0.29, 0.717) is 35.7 Å². The summed E-state index contributed by atoms with van der Waals surface area (Å²) >= 11 is 0. The quantitative estimate of drug-likeness (QED) is 0.0884. The summed E-state index contributed by atoms with van der Waals surface area (Å²) in [6.45, 7) is 5.97. The summed E-state index contributed by atoms with van der Waals surface area (Å²) in [5.74, 6) is -0.921. The second kappa shape index (κ2) is 16.6. The van der Waals surface area contributed by atoms with Crippen LogP contribution in [0.4, 0.5) is 0 Å². The van der Waals surface area contributed by atoms with Crippen LogP contribution in [0.1, 0.15) is 61.4 Å². The van der Waals surface area contributed by atoms with E-state index in [0.717, 1.165) is 38.5 Å². The van der Waals surface area contributed by atoms with Crippen LogP contribution in [0.5, 0.6) is 5.75 Å². The van der Waals surface area contributed by atoms with Crippen molar-refractivity contribution < 1.29 is 38.1 Å². The third-order valence-corrected chi connectivity index (χ3v) is 5.48. The van der Waals surface area contributed by atoms with Gasteiger partial charge in [0.1, 0.15) is 5.75 Å². The second-order valence-electron chi connectivity index (χ2n) is 8.52. The topological polar surface area (TPSA) is 97.4 Å². The van der Waals surface area contributed by atoms with Gasteiger partial charge in [-0.3, -0.25) is 0 Å². The van der Waals surface area contributed by atoms with Crippen LogP contribution >= 0.6 is 0 Å². The molecule has 8 heteroatoms. The first-order chi connectivity index (χ1) is 18.4. The van der Waals surface area contributed by atoms with Crippen molar-refractivity contribution in [1.29, 1.82) is 0 Å². The van der Waals surface area contributed by atoms with E-state index >= 15 is 0 Å². The van der Waals surface area contributed by atoms with Gasteiger partial charge in [-0.1, -0.05) is 50.5 Å². The van der Waals surface area contributed by atoms with Crippen LogP contribution in [0.3, 0.4) is 0 Å². The molecule has 0 amide bonds. The van der Waals surface area contributed by atoms with E-state index in [1.54, 1.807) is 55.5 Å². The lowest BCUT2D eigenvalue weighted by Crippen LogP contribution is -2.12. The molecule has 38 heavy (non-hydrogen) atoms. The highest BCUT2D eigenvalue weighted by molar-refractivity contribution is 5.94. The van der Waals surface area contributed by atoms with E-state index in [1.807, 2.05) is 6.07 Å². The normalized spacial score (nSPS) is 11.1. The Morgan fingerprint density at radius 2 is 1.26 bits per heavy atom. The van der Waals surface area contributed by atoms with Gasteiger partial charge < -0.3 is 23.7 Å². The van der Waals surface area contributed by atoms with Crippen LogP contribution in [0, 0.1) is 0 Å². The molecule has 2 rings (SSSR count). The molecule has 0 bridgehead atoms. The van der Waals surface area contributed by atoms with E-state index in [4.69, 9.17) is 23.7 Å². The minimum Gasteiger partial charge on any atom is -0.489 e. The Kier molecular flexibility index (Phi) is 13.2. The standard InChI is InChI=1S/C30H36O8/c1-22(2)28(31)37-21-13-8-6-5-7-12-20-36-26(27(34-3)30(33)35-4)23-16-18-25(19-17-23)38-29(32)24-14-10-9-11-15-24/h9-11,14-19H,1,5-8,12-13,20-21H2,2-4H3. The van der Waals surface area contributed by atoms with E-state index in [9.17, 15) is 14.4 Å². The van der Waals surface area contributed by atoms with Crippen molar-refractivity contribution in [1.82, 2.24) is 0 Å². The maximum absolute atomic E-state index is 12.3. The average Bonchev–Trinajstić information content (AvgIpc) is 2.93. The lowest BCUT2D eigenvalue weighted by molar-refractivity contribution is -0.140. The highest BCUT2D eigenvalue weighted by atomic mass is 16.6. The summed E-state index contributed by atoms with van der Waals surface area (Å²) in [6, 6.07) is 15.3. The number of ether oxygens (including phenoxy) is 5. The Bertz CT molecular complexity index is 1090. The molecule has 8 nitrogen and oxygen atoms in total. The molecular weight excluding hydrogens is 488 g/mol. The Morgan fingerprint density at radius 3 is 1.82 bits per heavy atom. The molecule has 0 N–H and O–H groups in total. The van der Waals surface area contributed by atoms with Gasteiger partial charge in [0.05, 0.1) is 33.0 Å². The Balaban J connectivity index is 1.89. The van der Waals surface area contributed by atoms with Gasteiger partial charge in [0, 0.05) is 11.1 Å². The number of benzene rings is 2. The monoisotopic (exact) mass is 524 g/mol. The number of methoxy groups -OCH3 is 2. The average molecular weight is 525 g/mol. The minimum absolute atomic E-state index is 0.0501. The minimum atomic E-state index is -0.658. The molecule has 0 atom stereocenters. The van der Waals surface area contributed by atoms with Crippen LogP contribution in [0.2, 0.25) is 0 Å². The summed E-state index contributed by atoms with van der Waals surface area (Å²) < 4.78 is 26.6. The zero-order valence-electron chi connectivity index (χ0n) is 22.3. The molecular formula is C30H36O8. The first-order valence-corrected chi connectivity index (χ1v) is 12.6. The Hall–Kier alpha value is -4.07. The van der Waals surface area contributed by atoms with Crippen LogP contribution in [-0.2, 0) is 28.5 Å². The maximum Gasteiger partial charge on any atom is 0.377 e. The smallest absolute Gasteiger partial charge is 0.377 e. The van der Waals surface area contributed by atoms with Gasteiger partial charge in [-0.25, -0.2) is 14.4 Å². The molecule has 0 aliphatic heterocycles. The summed E-state index contributed by atoms with van der Waals surface area (Å²) in [7, 11) is 2.64. The van der Waals surface area contributed by atoms with Crippen molar-refractivity contribution in [3.63, 3.8) is 0 Å². The third-order valence-electron chi connectivity index (χ3n) is 5.48. The number of carbonyl (C=O) groups excluding carboxylic acids is 3. The van der Waals surface area contributed by atoms with Crippen molar-refractivity contribution in [2.24, 2.45) is 0 Å². The molecule has 0 unspecified atom stereocenters. The molecule has 0 aromatic heterocycles. The van der Waals surface area contributed by atoms with Crippen LogP contribution in [0.15, 0.2) is 72.5 Å². The molecule has 0 saturated carbocycles. The van der Waals surface area contributed by atoms with Crippen molar-refractivity contribution in [3.8, 4) is 5.75 Å². The first kappa shape index (κ1) is 30.2. The van der Waals surface area contributed by atoms with E-state index in [-0.39, 0.29) is 17.5 Å². The number of hydrogen-bond donors (Lipinski definition) is 0. The molecule has 0 fully saturated rings. The Morgan fingerprint density at radius 1 is 0.684 bits per heavy atom. The predicted molar refractivity (Wildman–Crippen MR) is 143 cm³/mol. The van der Waals surface area contributed by atoms with Crippen molar-refractivity contribution in [2.75, 3.05) is 27.4 Å². The number of carbonyl (C=O) groups is 3. The zero-order valence-corrected chi connectivity index (χ0v) is 22.3. The number of rotatable bonds is 16. The van der Waals surface area contributed by atoms with Gasteiger partial charge >= 0.3 is 17.9 Å². The largest absolute Gasteiger partial charge is 0.489 e. The zero-order chi connectivity index (χ0) is 27.8. The molecule has 0 heterocycles. The third kappa shape index (κ3) is 10.1. The van der Waals surface area contributed by atoms with Crippen molar-refractivity contribution in [2.45, 2.75) is 45.4 Å². The number of hydrogen-bond acceptors (Lipinski definition) is 8. The molecule has 2 aromatic carbocycles. The summed E-state index contributed by atoms with van der Waals surface area (Å²) in [6.07, 6.45) is 5.52. The fraction of sp³-hybridized carbons (Fsp3) is 0.367. The SMILES string of the molecule is C=C(C)C(=O)OCCCCCCCCOC(=C(OC)C(=O)OC)c1ccc(OC(=O)c2ccccc2)cc1. The molecule has 0 spiro atoms. The van der Waals surface area contributed by atoms with Crippen molar-refractivity contribution in [3.05, 3.63) is 83.6 Å². The van der Waals surface area contributed by atoms with Gasteiger partial charge in [0.25, 0.3) is 0 Å². The highest BCUT2D eigenvalue weighted by Crippen LogP contribution is 2.25. The highest BCUT2D eigenvalue weighted by Gasteiger charge is 2.21. The summed E-state index contributed by atoms with van der Waals surface area (Å²) in [5, 5.41) is 0. The predicted octanol–water partition coefficient (Wildman–Crippen LogP) is 5.87. The Labute approximate surface area is 224 Å². The molecule has 0 radical (unpaired) electrons. The van der Waals surface area contributed by atoms with Gasteiger partial charge in [-0.15, -0.1) is 0 Å². The molecule has 0 aliphatic carbocycles. The van der Waals surface area contributed by atoms with Gasteiger partial charge in [0.15, 0.2) is 5.76 Å². The number of unbranched alkanes of at least 4 members (excludes halogenated alkanes) is 5. The van der Waals surface area contributed by atoms with E-state index in [2.05, 4.69) is 6.58 Å². The van der Waals surface area contributed by atoms with Crippen LogP contribution < -0.4 is 4.74 Å². The summed E-state index contributed by atoms with van der Waals surface area (Å²) in [5.41, 5.74) is 1.43. The van der Waals surface area contributed by atoms with Gasteiger partial charge in [-0.2, -0.15) is 0 Å². The van der Waals surface area contributed by atoms with Gasteiger partial charge in [-0.05, 0) is 56.2 Å². The van der Waals surface area contributed by atoms with E-state index in [1.165, 1.54) is 14.2 Å². The summed E-state index contributed by atoms with van der Waals surface area (Å²) in [4.78, 5) is 35.9. The van der Waals surface area contributed by atoms with Crippen molar-refractivity contribution >= 4 is 23.7 Å². The van der Waals surface area contributed by atoms with Crippen LogP contribution in [0.25, 0.3) is 5.76 Å². The first-order valence-electron chi connectivity index (χ1n) is 12.6. The van der Waals surface area contributed by atoms with Gasteiger partial charge in [0.2, 0.25) is 5.76 Å².